The van der Waals surface area contributed by atoms with Crippen LogP contribution < -0.4 is 11.1 Å². The van der Waals surface area contributed by atoms with Gasteiger partial charge in [-0.25, -0.2) is 0 Å². The molecule has 0 spiro atoms. The number of primary amides is 1. The summed E-state index contributed by atoms with van der Waals surface area (Å²) in [6.07, 6.45) is 1.69. The van der Waals surface area contributed by atoms with Crippen molar-refractivity contribution < 1.29 is 23.9 Å². The van der Waals surface area contributed by atoms with Gasteiger partial charge in [0.2, 0.25) is 5.78 Å². The molecule has 0 bridgehead atoms. The third-order valence-electron chi connectivity index (χ3n) is 3.79. The van der Waals surface area contributed by atoms with E-state index in [2.05, 4.69) is 5.32 Å². The standard InChI is InChI=1S/C17H22N2O5/c18-16(21)15(20)14-7-3-4-8-23-9-10-24-11-12-5-1-2-6-13(12)17(22)19-14/h1-2,5-6,14H,3-4,7-11H2,(H2,18,21)(H,19,22). The van der Waals surface area contributed by atoms with E-state index < -0.39 is 23.6 Å². The SMILES string of the molecule is NC(=O)C(=O)C1CCCCOCCOCc2ccccc2C(=O)N1. The minimum Gasteiger partial charge on any atom is -0.379 e. The second-order valence-electron chi connectivity index (χ2n) is 5.57. The largest absolute Gasteiger partial charge is 0.379 e. The first-order valence-electron chi connectivity index (χ1n) is 7.97. The Morgan fingerprint density at radius 1 is 1.08 bits per heavy atom. The number of hydrogen-bond acceptors (Lipinski definition) is 5. The maximum atomic E-state index is 12.5. The Labute approximate surface area is 140 Å². The van der Waals surface area contributed by atoms with Gasteiger partial charge < -0.3 is 20.5 Å². The lowest BCUT2D eigenvalue weighted by atomic mass is 10.0. The number of hydrogen-bond donors (Lipinski definition) is 2. The van der Waals surface area contributed by atoms with Gasteiger partial charge in [0.1, 0.15) is 0 Å². The van der Waals surface area contributed by atoms with Gasteiger partial charge in [0.15, 0.2) is 0 Å². The molecule has 130 valence electrons. The highest BCUT2D eigenvalue weighted by molar-refractivity contribution is 6.38. The molecule has 2 rings (SSSR count). The van der Waals surface area contributed by atoms with Gasteiger partial charge in [-0.15, -0.1) is 0 Å². The number of ether oxygens (including phenoxy) is 2. The summed E-state index contributed by atoms with van der Waals surface area (Å²) in [4.78, 5) is 35.7. The van der Waals surface area contributed by atoms with E-state index >= 15 is 0 Å². The van der Waals surface area contributed by atoms with Gasteiger partial charge in [0.25, 0.3) is 11.8 Å². The van der Waals surface area contributed by atoms with E-state index in [9.17, 15) is 14.4 Å². The van der Waals surface area contributed by atoms with Gasteiger partial charge >= 0.3 is 0 Å². The van der Waals surface area contributed by atoms with E-state index in [1.54, 1.807) is 24.3 Å². The number of rotatable bonds is 2. The third kappa shape index (κ3) is 5.14. The lowest BCUT2D eigenvalue weighted by Crippen LogP contribution is -2.46. The van der Waals surface area contributed by atoms with Crippen molar-refractivity contribution in [1.82, 2.24) is 5.32 Å². The van der Waals surface area contributed by atoms with Gasteiger partial charge in [-0.05, 0) is 30.9 Å². The van der Waals surface area contributed by atoms with Crippen LogP contribution in [-0.4, -0.2) is 43.5 Å². The van der Waals surface area contributed by atoms with E-state index in [0.29, 0.717) is 43.8 Å². The predicted molar refractivity (Wildman–Crippen MR) is 86.2 cm³/mol. The highest BCUT2D eigenvalue weighted by Crippen LogP contribution is 2.12. The van der Waals surface area contributed by atoms with E-state index in [-0.39, 0.29) is 6.61 Å². The molecule has 7 heteroatoms. The quantitative estimate of drug-likeness (QED) is 0.768. The van der Waals surface area contributed by atoms with Crippen molar-refractivity contribution in [2.24, 2.45) is 5.73 Å². The summed E-state index contributed by atoms with van der Waals surface area (Å²) in [6, 6.07) is 6.05. The maximum absolute atomic E-state index is 12.5. The van der Waals surface area contributed by atoms with Crippen LogP contribution in [0.1, 0.15) is 35.2 Å². The zero-order valence-corrected chi connectivity index (χ0v) is 13.5. The van der Waals surface area contributed by atoms with Crippen LogP contribution in [0.2, 0.25) is 0 Å². The Balaban J connectivity index is 2.20. The number of nitrogens with two attached hydrogens (primary N) is 1. The molecule has 1 aliphatic rings. The Morgan fingerprint density at radius 3 is 2.62 bits per heavy atom. The normalized spacial score (nSPS) is 20.3. The number of amides is 2. The first-order chi connectivity index (χ1) is 11.6. The van der Waals surface area contributed by atoms with Crippen LogP contribution in [0.25, 0.3) is 0 Å². The smallest absolute Gasteiger partial charge is 0.287 e. The Kier molecular flexibility index (Phi) is 6.89. The summed E-state index contributed by atoms with van der Waals surface area (Å²) in [5.41, 5.74) is 6.20. The third-order valence-corrected chi connectivity index (χ3v) is 3.79. The number of ketones is 1. The number of fused-ring (bicyclic) bond motifs is 1. The van der Waals surface area contributed by atoms with E-state index in [0.717, 1.165) is 6.42 Å². The highest BCUT2D eigenvalue weighted by atomic mass is 16.5. The van der Waals surface area contributed by atoms with Crippen LogP contribution in [0.4, 0.5) is 0 Å². The van der Waals surface area contributed by atoms with Crippen molar-refractivity contribution in [1.29, 1.82) is 0 Å². The van der Waals surface area contributed by atoms with Gasteiger partial charge in [-0.2, -0.15) is 0 Å². The maximum Gasteiger partial charge on any atom is 0.287 e. The number of Topliss-reactive ketones (excluding diaryl/α,β-unsaturated/α-hetero) is 1. The fourth-order valence-corrected chi connectivity index (χ4v) is 2.50. The molecule has 24 heavy (non-hydrogen) atoms. The molecule has 1 unspecified atom stereocenters. The molecule has 7 nitrogen and oxygen atoms in total. The van der Waals surface area contributed by atoms with E-state index in [1.165, 1.54) is 0 Å². The van der Waals surface area contributed by atoms with Crippen LogP contribution in [0, 0.1) is 0 Å². The summed E-state index contributed by atoms with van der Waals surface area (Å²) >= 11 is 0. The fourth-order valence-electron chi connectivity index (χ4n) is 2.50. The molecular formula is C17H22N2O5. The topological polar surface area (TPSA) is 108 Å². The summed E-state index contributed by atoms with van der Waals surface area (Å²) in [5, 5.41) is 2.62. The average molecular weight is 334 g/mol. The monoisotopic (exact) mass is 334 g/mol. The number of nitrogens with one attached hydrogen (secondary N) is 1. The lowest BCUT2D eigenvalue weighted by Gasteiger charge is -2.18. The summed E-state index contributed by atoms with van der Waals surface area (Å²) < 4.78 is 11.0. The highest BCUT2D eigenvalue weighted by Gasteiger charge is 2.25. The second kappa shape index (κ2) is 9.14. The molecular weight excluding hydrogens is 312 g/mol. The Bertz CT molecular complexity index is 602. The molecule has 0 fully saturated rings. The zero-order chi connectivity index (χ0) is 17.4. The molecule has 0 aromatic heterocycles. The van der Waals surface area contributed by atoms with Crippen LogP contribution in [-0.2, 0) is 25.7 Å². The van der Waals surface area contributed by atoms with Crippen molar-refractivity contribution in [2.75, 3.05) is 19.8 Å². The Morgan fingerprint density at radius 2 is 1.83 bits per heavy atom. The minimum atomic E-state index is -1.05. The number of carbonyl (C=O) groups excluding carboxylic acids is 3. The average Bonchev–Trinajstić information content (AvgIpc) is 2.58. The van der Waals surface area contributed by atoms with Crippen molar-refractivity contribution in [3.05, 3.63) is 35.4 Å². The molecule has 0 radical (unpaired) electrons. The molecule has 1 heterocycles. The number of carbonyl (C=O) groups is 3. The van der Waals surface area contributed by atoms with Gasteiger partial charge in [0.05, 0.1) is 25.9 Å². The lowest BCUT2D eigenvalue weighted by molar-refractivity contribution is -0.137. The van der Waals surface area contributed by atoms with Gasteiger partial charge in [-0.3, -0.25) is 14.4 Å². The molecule has 1 aromatic rings. The molecule has 1 atom stereocenters. The second-order valence-corrected chi connectivity index (χ2v) is 5.57. The molecule has 1 aromatic carbocycles. The van der Waals surface area contributed by atoms with Gasteiger partial charge in [-0.1, -0.05) is 18.2 Å². The van der Waals surface area contributed by atoms with Crippen LogP contribution >= 0.6 is 0 Å². The summed E-state index contributed by atoms with van der Waals surface area (Å²) in [6.45, 7) is 1.71. The van der Waals surface area contributed by atoms with Crippen molar-refractivity contribution >= 4 is 17.6 Å². The van der Waals surface area contributed by atoms with Gasteiger partial charge in [0, 0.05) is 12.2 Å². The molecule has 1 aliphatic heterocycles. The summed E-state index contributed by atoms with van der Waals surface area (Å²) in [7, 11) is 0. The fraction of sp³-hybridized carbons (Fsp3) is 0.471. The van der Waals surface area contributed by atoms with E-state index in [1.807, 2.05) is 0 Å². The molecule has 3 N–H and O–H groups in total. The molecule has 0 aliphatic carbocycles. The minimum absolute atomic E-state index is 0.265. The first-order valence-corrected chi connectivity index (χ1v) is 7.97. The van der Waals surface area contributed by atoms with Crippen molar-refractivity contribution in [2.45, 2.75) is 31.9 Å². The molecule has 2 amide bonds. The van der Waals surface area contributed by atoms with E-state index in [4.69, 9.17) is 15.2 Å². The molecule has 0 saturated heterocycles. The summed E-state index contributed by atoms with van der Waals surface area (Å²) in [5.74, 6) is -2.25. The zero-order valence-electron chi connectivity index (χ0n) is 13.5. The number of benzene rings is 1. The van der Waals surface area contributed by atoms with Crippen molar-refractivity contribution in [3.8, 4) is 0 Å². The van der Waals surface area contributed by atoms with Crippen LogP contribution in [0.5, 0.6) is 0 Å². The Hall–Kier alpha value is -2.25. The predicted octanol–water partition coefficient (Wildman–Crippen LogP) is 0.556. The first kappa shape index (κ1) is 18.1. The van der Waals surface area contributed by atoms with Crippen LogP contribution in [0.15, 0.2) is 24.3 Å². The molecule has 0 saturated carbocycles. The van der Waals surface area contributed by atoms with Crippen molar-refractivity contribution in [3.63, 3.8) is 0 Å². The van der Waals surface area contributed by atoms with Crippen LogP contribution in [0.3, 0.4) is 0 Å².